The Hall–Kier alpha value is -3.37. The molecule has 0 aliphatic heterocycles. The molecule has 0 aliphatic carbocycles. The molecule has 2 heterocycles. The van der Waals surface area contributed by atoms with Crippen LogP contribution < -0.4 is 22.1 Å². The summed E-state index contributed by atoms with van der Waals surface area (Å²) in [5, 5.41) is 18.1. The smallest absolute Gasteiger partial charge is 0.212 e. The molecule has 0 saturated carbocycles. The van der Waals surface area contributed by atoms with Crippen LogP contribution >= 0.6 is 34.7 Å². The lowest BCUT2D eigenvalue weighted by molar-refractivity contribution is 0.331. The number of nitriles is 1. The van der Waals surface area contributed by atoms with Gasteiger partial charge in [-0.15, -0.1) is 11.3 Å². The number of hydrogen-bond acceptors (Lipinski definition) is 8. The summed E-state index contributed by atoms with van der Waals surface area (Å²) in [7, 11) is 2.07. The van der Waals surface area contributed by atoms with Gasteiger partial charge in [0.1, 0.15) is 0 Å². The number of guanidine groups is 2. The Balaban J connectivity index is 1.42. The number of aliphatic imine (C=N–C) groups is 2. The van der Waals surface area contributed by atoms with E-state index in [1.165, 1.54) is 16.9 Å². The van der Waals surface area contributed by atoms with Crippen LogP contribution in [0.25, 0.3) is 0 Å². The third kappa shape index (κ3) is 11.1. The summed E-state index contributed by atoms with van der Waals surface area (Å²) < 4.78 is 0. The monoisotopic (exact) mass is 584 g/mol. The van der Waals surface area contributed by atoms with Gasteiger partial charge in [-0.3, -0.25) is 15.3 Å². The normalized spacial score (nSPS) is 12.1. The first-order valence-electron chi connectivity index (χ1n) is 12.3. The molecular weight excluding hydrogens is 552 g/mol. The summed E-state index contributed by atoms with van der Waals surface area (Å²) in [6.07, 6.45) is 4.69. The van der Waals surface area contributed by atoms with Crippen molar-refractivity contribution in [3.8, 4) is 6.19 Å². The van der Waals surface area contributed by atoms with E-state index in [-0.39, 0.29) is 11.9 Å². The van der Waals surface area contributed by atoms with Gasteiger partial charge >= 0.3 is 0 Å². The molecule has 0 amide bonds. The summed E-state index contributed by atoms with van der Waals surface area (Å²) in [6.45, 7) is 2.84. The number of thioether (sulfide) groups is 1. The third-order valence-corrected chi connectivity index (χ3v) is 7.62. The molecule has 0 aliphatic rings. The second-order valence-electron chi connectivity index (χ2n) is 8.56. The lowest BCUT2D eigenvalue weighted by Crippen LogP contribution is -2.36. The zero-order chi connectivity index (χ0) is 27.9. The molecule has 206 valence electrons. The van der Waals surface area contributed by atoms with E-state index in [1.807, 2.05) is 42.0 Å². The Bertz CT molecular complexity index is 1240. The highest BCUT2D eigenvalue weighted by Crippen LogP contribution is 2.28. The first-order valence-corrected chi connectivity index (χ1v) is 14.8. The molecule has 13 heteroatoms. The third-order valence-electron chi connectivity index (χ3n) is 5.60. The topological polar surface area (TPSA) is 154 Å². The van der Waals surface area contributed by atoms with Gasteiger partial charge in [0.25, 0.3) is 0 Å². The van der Waals surface area contributed by atoms with Gasteiger partial charge in [-0.05, 0) is 49.8 Å². The second-order valence-corrected chi connectivity index (χ2v) is 10.9. The van der Waals surface area contributed by atoms with Crippen LogP contribution in [0.3, 0.4) is 0 Å². The summed E-state index contributed by atoms with van der Waals surface area (Å²) in [4.78, 5) is 19.7. The summed E-state index contributed by atoms with van der Waals surface area (Å²) in [5.41, 5.74) is 13.9. The molecule has 6 N–H and O–H groups in total. The molecule has 0 saturated heterocycles. The number of nitrogens with one attached hydrogen (secondary N) is 2. The van der Waals surface area contributed by atoms with Crippen molar-refractivity contribution in [2.45, 2.75) is 18.1 Å². The number of thiazole rings is 1. The maximum Gasteiger partial charge on any atom is 0.212 e. The van der Waals surface area contributed by atoms with Crippen LogP contribution in [-0.4, -0.2) is 65.8 Å². The zero-order valence-corrected chi connectivity index (χ0v) is 24.1. The van der Waals surface area contributed by atoms with Crippen LogP contribution in [0.2, 0.25) is 5.02 Å². The number of pyridine rings is 1. The van der Waals surface area contributed by atoms with Crippen molar-refractivity contribution in [1.82, 2.24) is 25.5 Å². The van der Waals surface area contributed by atoms with Gasteiger partial charge < -0.3 is 21.7 Å². The number of halogens is 1. The molecule has 2 aromatic heterocycles. The Morgan fingerprint density at radius 3 is 2.77 bits per heavy atom. The van der Waals surface area contributed by atoms with E-state index in [0.717, 1.165) is 47.4 Å². The largest absolute Gasteiger partial charge is 0.370 e. The van der Waals surface area contributed by atoms with Gasteiger partial charge in [-0.2, -0.15) is 22.0 Å². The SMILES string of the molecule is CN(CCN=C(NC#N)NCCSCc1csc(N=C(N)N)n1)CCC(c1ccc(Cl)cc1)c1ccccn1. The minimum Gasteiger partial charge on any atom is -0.370 e. The number of hydrogen-bond donors (Lipinski definition) is 4. The van der Waals surface area contributed by atoms with E-state index >= 15 is 0 Å². The van der Waals surface area contributed by atoms with E-state index in [4.69, 9.17) is 28.3 Å². The Labute approximate surface area is 242 Å². The Morgan fingerprint density at radius 2 is 2.05 bits per heavy atom. The Kier molecular flexibility index (Phi) is 12.8. The first kappa shape index (κ1) is 30.2. The number of aromatic nitrogens is 2. The van der Waals surface area contributed by atoms with Gasteiger partial charge in [0.2, 0.25) is 11.1 Å². The first-order chi connectivity index (χ1) is 18.9. The fraction of sp³-hybridized carbons (Fsp3) is 0.346. The molecule has 10 nitrogen and oxygen atoms in total. The van der Waals surface area contributed by atoms with Crippen LogP contribution in [0.15, 0.2) is 64.0 Å². The van der Waals surface area contributed by atoms with E-state index in [2.05, 4.69) is 60.7 Å². The lowest BCUT2D eigenvalue weighted by Gasteiger charge is -2.21. The molecule has 1 aromatic carbocycles. The highest BCUT2D eigenvalue weighted by Gasteiger charge is 2.16. The minimum atomic E-state index is 0.00220. The lowest BCUT2D eigenvalue weighted by atomic mass is 9.92. The van der Waals surface area contributed by atoms with E-state index in [9.17, 15) is 0 Å². The molecule has 1 atom stereocenters. The predicted molar refractivity (Wildman–Crippen MR) is 162 cm³/mol. The average molecular weight is 585 g/mol. The zero-order valence-electron chi connectivity index (χ0n) is 21.8. The molecule has 1 unspecified atom stereocenters. The van der Waals surface area contributed by atoms with Crippen LogP contribution in [0, 0.1) is 11.5 Å². The minimum absolute atomic E-state index is 0.00220. The van der Waals surface area contributed by atoms with E-state index < -0.39 is 0 Å². The molecule has 0 spiro atoms. The number of benzene rings is 1. The maximum atomic E-state index is 9.09. The summed E-state index contributed by atoms with van der Waals surface area (Å²) in [5.74, 6) is 2.22. The van der Waals surface area contributed by atoms with Crippen LogP contribution in [0.1, 0.15) is 29.3 Å². The van der Waals surface area contributed by atoms with Crippen LogP contribution in [0.4, 0.5) is 5.13 Å². The highest BCUT2D eigenvalue weighted by atomic mass is 35.5. The molecule has 39 heavy (non-hydrogen) atoms. The van der Waals surface area contributed by atoms with Crippen molar-refractivity contribution < 1.29 is 0 Å². The summed E-state index contributed by atoms with van der Waals surface area (Å²) >= 11 is 9.22. The molecule has 0 fully saturated rings. The van der Waals surface area contributed by atoms with Gasteiger partial charge in [-0.1, -0.05) is 29.8 Å². The number of nitrogens with two attached hydrogens (primary N) is 2. The number of likely N-dealkylation sites (N-methyl/N-ethyl adjacent to an activating group) is 1. The van der Waals surface area contributed by atoms with E-state index in [1.54, 1.807) is 11.8 Å². The maximum absolute atomic E-state index is 9.09. The molecule has 3 aromatic rings. The van der Waals surface area contributed by atoms with Crippen molar-refractivity contribution in [1.29, 1.82) is 5.26 Å². The second kappa shape index (κ2) is 16.6. The van der Waals surface area contributed by atoms with Crippen molar-refractivity contribution in [3.05, 3.63) is 76.0 Å². The highest BCUT2D eigenvalue weighted by molar-refractivity contribution is 7.98. The molecular formula is C26H33ClN10S2. The average Bonchev–Trinajstić information content (AvgIpc) is 3.36. The number of rotatable bonds is 14. The van der Waals surface area contributed by atoms with Crippen molar-refractivity contribution in [2.24, 2.45) is 21.5 Å². The fourth-order valence-electron chi connectivity index (χ4n) is 3.69. The van der Waals surface area contributed by atoms with Gasteiger partial charge in [0.05, 0.1) is 12.2 Å². The molecule has 0 radical (unpaired) electrons. The van der Waals surface area contributed by atoms with Crippen molar-refractivity contribution in [2.75, 3.05) is 39.0 Å². The Morgan fingerprint density at radius 1 is 1.23 bits per heavy atom. The standard InChI is InChI=1S/C26H33ClN10S2/c1-37(13-9-22(23-4-2-3-10-31-23)19-5-7-20(27)8-6-19)14-11-32-25(34-18-28)33-12-15-38-16-21-17-39-26(35-21)36-24(29)30/h2-8,10,17,22H,9,11-16H2,1H3,(H2,32,33,34)(H4,29,30,35,36). The molecule has 0 bridgehead atoms. The van der Waals surface area contributed by atoms with Crippen molar-refractivity contribution in [3.63, 3.8) is 0 Å². The van der Waals surface area contributed by atoms with Gasteiger partial charge in [0.15, 0.2) is 12.2 Å². The van der Waals surface area contributed by atoms with Crippen LogP contribution in [-0.2, 0) is 5.75 Å². The summed E-state index contributed by atoms with van der Waals surface area (Å²) in [6, 6.07) is 14.0. The van der Waals surface area contributed by atoms with Gasteiger partial charge in [-0.25, -0.2) is 4.98 Å². The molecule has 3 rings (SSSR count). The van der Waals surface area contributed by atoms with E-state index in [0.29, 0.717) is 24.2 Å². The number of nitrogens with zero attached hydrogens (tertiary/aromatic N) is 6. The van der Waals surface area contributed by atoms with Gasteiger partial charge in [0, 0.05) is 52.8 Å². The quantitative estimate of drug-likeness (QED) is 0.0732. The predicted octanol–water partition coefficient (Wildman–Crippen LogP) is 3.50. The van der Waals surface area contributed by atoms with Crippen molar-refractivity contribution >= 4 is 51.8 Å². The van der Waals surface area contributed by atoms with Crippen LogP contribution in [0.5, 0.6) is 0 Å². The fourth-order valence-corrected chi connectivity index (χ4v) is 5.38.